The molecule has 0 radical (unpaired) electrons. The molecule has 6 rings (SSSR count). The van der Waals surface area contributed by atoms with Crippen LogP contribution in [0.15, 0.2) is 54.9 Å². The molecule has 39 heavy (non-hydrogen) atoms. The average Bonchev–Trinajstić information content (AvgIpc) is 3.58. The number of nitrogens with zero attached hydrogens (tertiary/aromatic N) is 4. The number of hydrogen-bond donors (Lipinski definition) is 1. The third-order valence-corrected chi connectivity index (χ3v) is 8.49. The van der Waals surface area contributed by atoms with Gasteiger partial charge in [-0.25, -0.2) is 9.67 Å². The van der Waals surface area contributed by atoms with Gasteiger partial charge in [0, 0.05) is 48.4 Å². The summed E-state index contributed by atoms with van der Waals surface area (Å²) in [5.74, 6) is 1.53. The van der Waals surface area contributed by atoms with E-state index in [2.05, 4.69) is 85.6 Å². The highest BCUT2D eigenvalue weighted by Crippen LogP contribution is 2.40. The third-order valence-electron chi connectivity index (χ3n) is 8.18. The largest absolute Gasteiger partial charge is 0.360 e. The number of aromatic amines is 1. The summed E-state index contributed by atoms with van der Waals surface area (Å²) < 4.78 is 2.24. The smallest absolute Gasteiger partial charge is 0.131 e. The summed E-state index contributed by atoms with van der Waals surface area (Å²) in [5.41, 5.74) is 12.1. The van der Waals surface area contributed by atoms with Gasteiger partial charge in [-0.1, -0.05) is 69.6 Å². The van der Waals surface area contributed by atoms with Gasteiger partial charge in [0.1, 0.15) is 5.82 Å². The van der Waals surface area contributed by atoms with Crippen LogP contribution in [0.25, 0.3) is 27.8 Å². The Labute approximate surface area is 235 Å². The Morgan fingerprint density at radius 3 is 2.51 bits per heavy atom. The molecule has 0 saturated heterocycles. The lowest BCUT2D eigenvalue weighted by molar-refractivity contribution is 0.701. The standard InChI is InChI=1S/C33H36ClN5/c1-6-22-9-8-10-23(7-2)31(22)39-32(26-11-12-28(34)30-25(26)13-15-35-30)27-19-38(16-14-29(27)37-39)33-21(5)17-24(18-36-33)20(3)4/h8-13,15,17-18,20,35H,6-7,14,16,19H2,1-5H3. The number of rotatable bonds is 6. The molecule has 0 bridgehead atoms. The van der Waals surface area contributed by atoms with Crippen LogP contribution in [0.5, 0.6) is 0 Å². The van der Waals surface area contributed by atoms with Crippen molar-refractivity contribution < 1.29 is 0 Å². The number of para-hydroxylation sites is 1. The Hall–Kier alpha value is -3.57. The summed E-state index contributed by atoms with van der Waals surface area (Å²) >= 11 is 6.61. The Kier molecular flexibility index (Phi) is 6.72. The van der Waals surface area contributed by atoms with E-state index in [-0.39, 0.29) is 0 Å². The lowest BCUT2D eigenvalue weighted by atomic mass is 9.97. The Balaban J connectivity index is 1.57. The maximum atomic E-state index is 6.61. The molecule has 5 aromatic rings. The van der Waals surface area contributed by atoms with Gasteiger partial charge in [-0.2, -0.15) is 5.10 Å². The Morgan fingerprint density at radius 1 is 1.05 bits per heavy atom. The first-order valence-corrected chi connectivity index (χ1v) is 14.5. The molecule has 1 N–H and O–H groups in total. The minimum atomic E-state index is 0.461. The minimum Gasteiger partial charge on any atom is -0.360 e. The van der Waals surface area contributed by atoms with Crippen molar-refractivity contribution in [3.63, 3.8) is 0 Å². The average molecular weight is 538 g/mol. The minimum absolute atomic E-state index is 0.461. The van der Waals surface area contributed by atoms with Crippen LogP contribution < -0.4 is 4.90 Å². The molecular weight excluding hydrogens is 502 g/mol. The van der Waals surface area contributed by atoms with E-state index in [1.54, 1.807) is 0 Å². The van der Waals surface area contributed by atoms with E-state index in [1.807, 2.05) is 18.5 Å². The van der Waals surface area contributed by atoms with Crippen LogP contribution in [0.4, 0.5) is 5.82 Å². The zero-order valence-electron chi connectivity index (χ0n) is 23.5. The van der Waals surface area contributed by atoms with Crippen LogP contribution in [0.2, 0.25) is 5.02 Å². The number of H-pyrrole nitrogens is 1. The van der Waals surface area contributed by atoms with E-state index >= 15 is 0 Å². The molecule has 0 atom stereocenters. The molecule has 200 valence electrons. The molecule has 0 fully saturated rings. The summed E-state index contributed by atoms with van der Waals surface area (Å²) in [7, 11) is 0. The van der Waals surface area contributed by atoms with Crippen molar-refractivity contribution in [2.75, 3.05) is 11.4 Å². The highest BCUT2D eigenvalue weighted by Gasteiger charge is 2.30. The molecule has 5 nitrogen and oxygen atoms in total. The number of aromatic nitrogens is 4. The van der Waals surface area contributed by atoms with E-state index < -0.39 is 0 Å². The number of aryl methyl sites for hydroxylation is 3. The first kappa shape index (κ1) is 25.7. The van der Waals surface area contributed by atoms with Crippen LogP contribution in [0.1, 0.15) is 67.1 Å². The molecule has 2 aromatic carbocycles. The van der Waals surface area contributed by atoms with Crippen molar-refractivity contribution in [3.8, 4) is 16.9 Å². The first-order chi connectivity index (χ1) is 18.9. The van der Waals surface area contributed by atoms with Crippen molar-refractivity contribution in [3.05, 3.63) is 93.4 Å². The van der Waals surface area contributed by atoms with E-state index in [9.17, 15) is 0 Å². The molecule has 0 saturated carbocycles. The maximum absolute atomic E-state index is 6.61. The van der Waals surface area contributed by atoms with Gasteiger partial charge >= 0.3 is 0 Å². The van der Waals surface area contributed by atoms with Gasteiger partial charge < -0.3 is 9.88 Å². The number of nitrogens with one attached hydrogen (secondary N) is 1. The van der Waals surface area contributed by atoms with E-state index in [0.29, 0.717) is 5.92 Å². The summed E-state index contributed by atoms with van der Waals surface area (Å²) in [6.07, 6.45) is 6.79. The quantitative estimate of drug-likeness (QED) is 0.237. The van der Waals surface area contributed by atoms with Gasteiger partial charge in [-0.05, 0) is 60.1 Å². The second kappa shape index (κ2) is 10.2. The number of pyridine rings is 1. The first-order valence-electron chi connectivity index (χ1n) is 14.1. The monoisotopic (exact) mass is 537 g/mol. The number of fused-ring (bicyclic) bond motifs is 2. The Bertz CT molecular complexity index is 1650. The normalized spacial score (nSPS) is 13.5. The fraction of sp³-hybridized carbons (Fsp3) is 0.333. The fourth-order valence-corrected chi connectivity index (χ4v) is 6.26. The van der Waals surface area contributed by atoms with E-state index in [4.69, 9.17) is 21.7 Å². The molecule has 0 aliphatic carbocycles. The summed E-state index contributed by atoms with van der Waals surface area (Å²) in [5, 5.41) is 7.19. The highest BCUT2D eigenvalue weighted by molar-refractivity contribution is 6.35. The third kappa shape index (κ3) is 4.33. The van der Waals surface area contributed by atoms with E-state index in [1.165, 1.54) is 39.2 Å². The molecule has 0 unspecified atom stereocenters. The Morgan fingerprint density at radius 2 is 1.82 bits per heavy atom. The number of benzene rings is 2. The van der Waals surface area contributed by atoms with Crippen LogP contribution in [0.3, 0.4) is 0 Å². The zero-order valence-corrected chi connectivity index (χ0v) is 24.2. The van der Waals surface area contributed by atoms with Gasteiger partial charge in [0.15, 0.2) is 0 Å². The fourth-order valence-electron chi connectivity index (χ4n) is 6.04. The van der Waals surface area contributed by atoms with Crippen molar-refractivity contribution in [2.45, 2.75) is 66.3 Å². The molecule has 0 spiro atoms. The molecule has 1 aliphatic heterocycles. The van der Waals surface area contributed by atoms with Crippen molar-refractivity contribution >= 4 is 28.3 Å². The molecule has 0 amide bonds. The summed E-state index contributed by atoms with van der Waals surface area (Å²) in [6, 6.07) is 15.2. The molecule has 3 aromatic heterocycles. The van der Waals surface area contributed by atoms with Crippen molar-refractivity contribution in [1.82, 2.24) is 19.7 Å². The van der Waals surface area contributed by atoms with Gasteiger partial charge in [0.05, 0.1) is 27.6 Å². The summed E-state index contributed by atoms with van der Waals surface area (Å²) in [4.78, 5) is 10.7. The predicted molar refractivity (Wildman–Crippen MR) is 162 cm³/mol. The molecule has 1 aliphatic rings. The molecule has 4 heterocycles. The molecular formula is C33H36ClN5. The van der Waals surface area contributed by atoms with Crippen LogP contribution >= 0.6 is 11.6 Å². The number of hydrogen-bond acceptors (Lipinski definition) is 3. The number of halogens is 1. The maximum Gasteiger partial charge on any atom is 0.131 e. The topological polar surface area (TPSA) is 49.7 Å². The van der Waals surface area contributed by atoms with Crippen molar-refractivity contribution in [2.24, 2.45) is 0 Å². The van der Waals surface area contributed by atoms with Gasteiger partial charge in [0.2, 0.25) is 0 Å². The second-order valence-corrected chi connectivity index (χ2v) is 11.3. The molecule has 6 heteroatoms. The van der Waals surface area contributed by atoms with Gasteiger partial charge in [-0.3, -0.25) is 0 Å². The van der Waals surface area contributed by atoms with E-state index in [0.717, 1.165) is 65.4 Å². The lowest BCUT2D eigenvalue weighted by Gasteiger charge is -2.29. The SMILES string of the molecule is CCc1cccc(CC)c1-n1nc2c(c1-c1ccc(Cl)c3[nH]ccc13)CN(c1ncc(C(C)C)cc1C)CC2. The second-order valence-electron chi connectivity index (χ2n) is 10.9. The zero-order chi connectivity index (χ0) is 27.3. The van der Waals surface area contributed by atoms with Gasteiger partial charge in [-0.15, -0.1) is 0 Å². The highest BCUT2D eigenvalue weighted by atomic mass is 35.5. The predicted octanol–water partition coefficient (Wildman–Crippen LogP) is 8.19. The number of anilines is 1. The summed E-state index contributed by atoms with van der Waals surface area (Å²) in [6.45, 7) is 12.7. The van der Waals surface area contributed by atoms with Crippen LogP contribution in [-0.2, 0) is 25.8 Å². The van der Waals surface area contributed by atoms with Crippen LogP contribution in [-0.4, -0.2) is 26.3 Å². The van der Waals surface area contributed by atoms with Gasteiger partial charge in [0.25, 0.3) is 0 Å². The van der Waals surface area contributed by atoms with Crippen LogP contribution in [0, 0.1) is 6.92 Å². The van der Waals surface area contributed by atoms with Crippen molar-refractivity contribution in [1.29, 1.82) is 0 Å². The lowest BCUT2D eigenvalue weighted by Crippen LogP contribution is -2.31.